The number of hydrogen-bond donors (Lipinski definition) is 0. The fourth-order valence-electron chi connectivity index (χ4n) is 2.44. The quantitative estimate of drug-likeness (QED) is 0.808. The van der Waals surface area contributed by atoms with Gasteiger partial charge in [0.25, 0.3) is 0 Å². The van der Waals surface area contributed by atoms with Gasteiger partial charge in [-0.15, -0.1) is 11.3 Å². The first kappa shape index (κ1) is 11.6. The number of aryl methyl sites for hydroxylation is 1. The topological polar surface area (TPSA) is 39.9 Å². The molecule has 2 atom stereocenters. The van der Waals surface area contributed by atoms with Crippen molar-refractivity contribution in [2.24, 2.45) is 5.92 Å². The van der Waals surface area contributed by atoms with Gasteiger partial charge >= 0.3 is 0 Å². The summed E-state index contributed by atoms with van der Waals surface area (Å²) in [5.74, 6) is 0.221. The maximum Gasteiger partial charge on any atom is 0.0798 e. The van der Waals surface area contributed by atoms with Gasteiger partial charge in [0.1, 0.15) is 0 Å². The van der Waals surface area contributed by atoms with E-state index in [1.165, 1.54) is 11.3 Å². The van der Waals surface area contributed by atoms with Gasteiger partial charge in [0.15, 0.2) is 0 Å². The molecule has 0 bridgehead atoms. The number of thiazole rings is 1. The molecule has 2 rings (SSSR count). The molecule has 0 saturated heterocycles. The molecule has 1 aromatic heterocycles. The first-order chi connectivity index (χ1) is 7.72. The summed E-state index contributed by atoms with van der Waals surface area (Å²) in [5.41, 5.74) is 3.03. The summed E-state index contributed by atoms with van der Waals surface area (Å²) in [7, 11) is 2.12. The Kier molecular flexibility index (Phi) is 3.57. The molecule has 1 aliphatic rings. The number of nitrogens with zero attached hydrogens (tertiary/aromatic N) is 3. The lowest BCUT2D eigenvalue weighted by Gasteiger charge is -2.26. The van der Waals surface area contributed by atoms with Crippen molar-refractivity contribution < 1.29 is 0 Å². The zero-order chi connectivity index (χ0) is 11.5. The summed E-state index contributed by atoms with van der Waals surface area (Å²) < 4.78 is 0. The predicted octanol–water partition coefficient (Wildman–Crippen LogP) is 2.58. The average Bonchev–Trinajstić information content (AvgIpc) is 2.87. The van der Waals surface area contributed by atoms with Gasteiger partial charge in [-0.1, -0.05) is 6.42 Å². The SMILES string of the molecule is Cc1ncsc1CN(C)C1CCCC1C#N. The van der Waals surface area contributed by atoms with Crippen LogP contribution in [0.2, 0.25) is 0 Å². The fourth-order valence-corrected chi connectivity index (χ4v) is 3.28. The highest BCUT2D eigenvalue weighted by atomic mass is 32.1. The number of nitriles is 1. The van der Waals surface area contributed by atoms with Crippen LogP contribution in [0.15, 0.2) is 5.51 Å². The zero-order valence-corrected chi connectivity index (χ0v) is 10.6. The lowest BCUT2D eigenvalue weighted by Crippen LogP contribution is -2.33. The molecule has 86 valence electrons. The van der Waals surface area contributed by atoms with Crippen LogP contribution >= 0.6 is 11.3 Å². The second-order valence-electron chi connectivity index (χ2n) is 4.51. The molecule has 2 unspecified atom stereocenters. The van der Waals surface area contributed by atoms with Crippen LogP contribution in [0.5, 0.6) is 0 Å². The van der Waals surface area contributed by atoms with Crippen molar-refractivity contribution in [3.63, 3.8) is 0 Å². The van der Waals surface area contributed by atoms with Crippen LogP contribution < -0.4 is 0 Å². The molecule has 16 heavy (non-hydrogen) atoms. The van der Waals surface area contributed by atoms with Crippen molar-refractivity contribution in [3.05, 3.63) is 16.1 Å². The van der Waals surface area contributed by atoms with Gasteiger partial charge in [-0.05, 0) is 26.8 Å². The summed E-state index contributed by atoms with van der Waals surface area (Å²) in [6, 6.07) is 2.87. The zero-order valence-electron chi connectivity index (χ0n) is 9.81. The van der Waals surface area contributed by atoms with E-state index >= 15 is 0 Å². The fraction of sp³-hybridized carbons (Fsp3) is 0.667. The van der Waals surface area contributed by atoms with Crippen LogP contribution in [0.25, 0.3) is 0 Å². The summed E-state index contributed by atoms with van der Waals surface area (Å²) in [5, 5.41) is 9.08. The normalized spacial score (nSPS) is 24.9. The standard InChI is InChI=1S/C12H17N3S/c1-9-12(16-8-14-9)7-15(2)11-5-3-4-10(11)6-13/h8,10-11H,3-5,7H2,1-2H3. The van der Waals surface area contributed by atoms with Crippen LogP contribution in [-0.4, -0.2) is 23.0 Å². The van der Waals surface area contributed by atoms with Crippen LogP contribution in [0, 0.1) is 24.2 Å². The summed E-state index contributed by atoms with van der Waals surface area (Å²) >= 11 is 1.71. The Hall–Kier alpha value is -0.920. The van der Waals surface area contributed by atoms with Crippen LogP contribution in [-0.2, 0) is 6.54 Å². The van der Waals surface area contributed by atoms with Crippen molar-refractivity contribution in [3.8, 4) is 6.07 Å². The number of aromatic nitrogens is 1. The van der Waals surface area contributed by atoms with E-state index in [4.69, 9.17) is 5.26 Å². The van der Waals surface area contributed by atoms with E-state index in [0.717, 1.165) is 25.1 Å². The highest BCUT2D eigenvalue weighted by Crippen LogP contribution is 2.30. The van der Waals surface area contributed by atoms with Gasteiger partial charge in [-0.3, -0.25) is 4.90 Å². The molecule has 1 fully saturated rings. The summed E-state index contributed by atoms with van der Waals surface area (Å²) in [6.45, 7) is 2.98. The van der Waals surface area contributed by atoms with Gasteiger partial charge in [-0.2, -0.15) is 5.26 Å². The molecule has 0 amide bonds. The maximum absolute atomic E-state index is 9.08. The van der Waals surface area contributed by atoms with Crippen molar-refractivity contribution >= 4 is 11.3 Å². The Morgan fingerprint density at radius 1 is 1.62 bits per heavy atom. The number of hydrogen-bond acceptors (Lipinski definition) is 4. The first-order valence-corrected chi connectivity index (χ1v) is 6.59. The minimum absolute atomic E-state index is 0.221. The van der Waals surface area contributed by atoms with Crippen molar-refractivity contribution in [1.29, 1.82) is 5.26 Å². The molecule has 1 aromatic rings. The Bertz CT molecular complexity index is 393. The number of rotatable bonds is 3. The highest BCUT2D eigenvalue weighted by molar-refractivity contribution is 7.09. The molecule has 3 nitrogen and oxygen atoms in total. The van der Waals surface area contributed by atoms with E-state index in [1.54, 1.807) is 11.3 Å². The smallest absolute Gasteiger partial charge is 0.0798 e. The molecule has 4 heteroatoms. The van der Waals surface area contributed by atoms with E-state index in [-0.39, 0.29) is 5.92 Å². The Morgan fingerprint density at radius 3 is 3.06 bits per heavy atom. The van der Waals surface area contributed by atoms with Crippen molar-refractivity contribution in [1.82, 2.24) is 9.88 Å². The lowest BCUT2D eigenvalue weighted by molar-refractivity contribution is 0.214. The molecule has 1 saturated carbocycles. The lowest BCUT2D eigenvalue weighted by atomic mass is 10.0. The second-order valence-corrected chi connectivity index (χ2v) is 5.45. The summed E-state index contributed by atoms with van der Waals surface area (Å²) in [4.78, 5) is 7.91. The van der Waals surface area contributed by atoms with E-state index in [9.17, 15) is 0 Å². The van der Waals surface area contributed by atoms with Gasteiger partial charge < -0.3 is 0 Å². The molecular formula is C12H17N3S. The molecule has 0 aliphatic heterocycles. The summed E-state index contributed by atoms with van der Waals surface area (Å²) in [6.07, 6.45) is 3.41. The Balaban J connectivity index is 2.01. The third kappa shape index (κ3) is 2.26. The third-order valence-corrected chi connectivity index (χ3v) is 4.37. The largest absolute Gasteiger partial charge is 0.297 e. The first-order valence-electron chi connectivity index (χ1n) is 5.71. The van der Waals surface area contributed by atoms with E-state index < -0.39 is 0 Å². The highest BCUT2D eigenvalue weighted by Gasteiger charge is 2.30. The Morgan fingerprint density at radius 2 is 2.44 bits per heavy atom. The molecule has 0 spiro atoms. The van der Waals surface area contributed by atoms with E-state index in [1.807, 2.05) is 5.51 Å². The molecule has 0 N–H and O–H groups in total. The predicted molar refractivity (Wildman–Crippen MR) is 65.1 cm³/mol. The average molecular weight is 235 g/mol. The molecule has 1 aliphatic carbocycles. The van der Waals surface area contributed by atoms with Gasteiger partial charge in [0.05, 0.1) is 23.2 Å². The van der Waals surface area contributed by atoms with Crippen LogP contribution in [0.4, 0.5) is 0 Å². The molecule has 0 aromatic carbocycles. The van der Waals surface area contributed by atoms with Crippen LogP contribution in [0.3, 0.4) is 0 Å². The van der Waals surface area contributed by atoms with E-state index in [0.29, 0.717) is 6.04 Å². The van der Waals surface area contributed by atoms with Gasteiger partial charge in [0, 0.05) is 17.5 Å². The third-order valence-electron chi connectivity index (χ3n) is 3.45. The van der Waals surface area contributed by atoms with Crippen molar-refractivity contribution in [2.75, 3.05) is 7.05 Å². The minimum atomic E-state index is 0.221. The maximum atomic E-state index is 9.08. The minimum Gasteiger partial charge on any atom is -0.297 e. The molecule has 1 heterocycles. The van der Waals surface area contributed by atoms with E-state index in [2.05, 4.69) is 29.9 Å². The van der Waals surface area contributed by atoms with Crippen LogP contribution in [0.1, 0.15) is 29.8 Å². The molecular weight excluding hydrogens is 218 g/mol. The van der Waals surface area contributed by atoms with Gasteiger partial charge in [-0.25, -0.2) is 4.98 Å². The second kappa shape index (κ2) is 4.94. The molecule has 0 radical (unpaired) electrons. The Labute approximate surface area is 101 Å². The van der Waals surface area contributed by atoms with Crippen molar-refractivity contribution in [2.45, 2.75) is 38.8 Å². The van der Waals surface area contributed by atoms with Gasteiger partial charge in [0.2, 0.25) is 0 Å². The monoisotopic (exact) mass is 235 g/mol.